The van der Waals surface area contributed by atoms with Crippen LogP contribution in [0.3, 0.4) is 0 Å². The maximum atomic E-state index is 12.3. The monoisotopic (exact) mass is 484 g/mol. The lowest BCUT2D eigenvalue weighted by molar-refractivity contribution is -0.115. The molecule has 5 aromatic rings. The second-order valence-electron chi connectivity index (χ2n) is 7.91. The Morgan fingerprint density at radius 1 is 1.06 bits per heavy atom. The van der Waals surface area contributed by atoms with Gasteiger partial charge >= 0.3 is 0 Å². The largest absolute Gasteiger partial charge is 0.325 e. The fourth-order valence-electron chi connectivity index (χ4n) is 3.49. The first-order chi connectivity index (χ1) is 17.1. The number of anilines is 3. The Hall–Kier alpha value is -4.15. The molecule has 0 aliphatic carbocycles. The number of amides is 1. The summed E-state index contributed by atoms with van der Waals surface area (Å²) < 4.78 is 1.79. The molecular formula is C25H24N8OS. The van der Waals surface area contributed by atoms with E-state index in [0.29, 0.717) is 23.3 Å². The summed E-state index contributed by atoms with van der Waals surface area (Å²) in [5.74, 6) is 1.27. The van der Waals surface area contributed by atoms with Gasteiger partial charge in [-0.1, -0.05) is 30.3 Å². The van der Waals surface area contributed by atoms with Gasteiger partial charge in [-0.2, -0.15) is 5.10 Å². The van der Waals surface area contributed by atoms with Crippen LogP contribution in [0, 0.1) is 6.92 Å². The molecule has 0 spiro atoms. The Balaban J connectivity index is 1.20. The molecule has 0 unspecified atom stereocenters. The molecule has 10 heteroatoms. The number of carbonyl (C=O) groups excluding carboxylic acids is 1. The van der Waals surface area contributed by atoms with Crippen molar-refractivity contribution in [2.75, 3.05) is 17.2 Å². The zero-order valence-electron chi connectivity index (χ0n) is 19.0. The van der Waals surface area contributed by atoms with Gasteiger partial charge in [-0.25, -0.2) is 9.50 Å². The van der Waals surface area contributed by atoms with Gasteiger partial charge in [0.2, 0.25) is 11.1 Å². The summed E-state index contributed by atoms with van der Waals surface area (Å²) in [5.41, 5.74) is 3.69. The number of rotatable bonds is 9. The summed E-state index contributed by atoms with van der Waals surface area (Å²) >= 11 is 1.44. The van der Waals surface area contributed by atoms with Crippen molar-refractivity contribution in [3.8, 4) is 0 Å². The van der Waals surface area contributed by atoms with E-state index in [4.69, 9.17) is 4.98 Å². The van der Waals surface area contributed by atoms with Gasteiger partial charge in [0.15, 0.2) is 11.6 Å². The Kier molecular flexibility index (Phi) is 6.73. The number of fused-ring (bicyclic) bond motifs is 1. The standard InChI is InChI=1S/C25H24N8OS/c1-17-14-22(31-30-17)28-24-21-8-5-13-33(21)32-25(29-24)35-20-11-9-19(10-12-20)27-23(34)16-26-15-18-6-3-2-4-7-18/h2-14,26H,15-16H2,1H3,(H,27,34)(H2,28,29,30,31,32). The normalized spacial score (nSPS) is 11.0. The van der Waals surface area contributed by atoms with E-state index >= 15 is 0 Å². The number of nitrogens with zero attached hydrogens (tertiary/aromatic N) is 4. The van der Waals surface area contributed by atoms with Crippen LogP contribution in [0.5, 0.6) is 0 Å². The second-order valence-corrected chi connectivity index (χ2v) is 8.95. The van der Waals surface area contributed by atoms with E-state index in [0.717, 1.165) is 27.4 Å². The smallest absolute Gasteiger partial charge is 0.238 e. The van der Waals surface area contributed by atoms with Crippen LogP contribution in [-0.2, 0) is 11.3 Å². The molecule has 4 N–H and O–H groups in total. The Morgan fingerprint density at radius 2 is 1.89 bits per heavy atom. The molecule has 0 radical (unpaired) electrons. The summed E-state index contributed by atoms with van der Waals surface area (Å²) in [5, 5.41) is 21.7. The fraction of sp³-hybridized carbons (Fsp3) is 0.120. The molecule has 0 saturated carbocycles. The van der Waals surface area contributed by atoms with Gasteiger partial charge in [-0.15, -0.1) is 5.10 Å². The molecule has 5 rings (SSSR count). The topological polar surface area (TPSA) is 112 Å². The molecule has 0 saturated heterocycles. The minimum Gasteiger partial charge on any atom is -0.325 e. The second kappa shape index (κ2) is 10.4. The van der Waals surface area contributed by atoms with Crippen molar-refractivity contribution in [3.05, 3.63) is 90.3 Å². The van der Waals surface area contributed by atoms with Crippen molar-refractivity contribution in [3.63, 3.8) is 0 Å². The van der Waals surface area contributed by atoms with Crippen LogP contribution in [0.4, 0.5) is 17.3 Å². The molecule has 0 fully saturated rings. The lowest BCUT2D eigenvalue weighted by Crippen LogP contribution is -2.27. The number of carbonyl (C=O) groups is 1. The van der Waals surface area contributed by atoms with Crippen LogP contribution < -0.4 is 16.0 Å². The number of aromatic nitrogens is 5. The van der Waals surface area contributed by atoms with Crippen LogP contribution in [0.25, 0.3) is 5.52 Å². The molecule has 0 aliphatic heterocycles. The number of hydrogen-bond acceptors (Lipinski definition) is 7. The van der Waals surface area contributed by atoms with Gasteiger partial charge in [-0.05, 0) is 60.6 Å². The summed E-state index contributed by atoms with van der Waals surface area (Å²) in [6, 6.07) is 23.4. The van der Waals surface area contributed by atoms with Gasteiger partial charge in [0.25, 0.3) is 0 Å². The number of H-pyrrole nitrogens is 1. The van der Waals surface area contributed by atoms with E-state index in [1.54, 1.807) is 4.52 Å². The third-order valence-corrected chi connectivity index (χ3v) is 5.99. The molecule has 2 aromatic carbocycles. The number of aryl methyl sites for hydroxylation is 1. The SMILES string of the molecule is Cc1cc(Nc2nc(Sc3ccc(NC(=O)CNCc4ccccc4)cc3)nn3cccc23)n[nH]1. The minimum atomic E-state index is -0.0907. The number of nitrogens with one attached hydrogen (secondary N) is 4. The van der Waals surface area contributed by atoms with Crippen molar-refractivity contribution in [1.82, 2.24) is 30.1 Å². The molecule has 176 valence electrons. The summed E-state index contributed by atoms with van der Waals surface area (Å²) in [6.07, 6.45) is 1.88. The van der Waals surface area contributed by atoms with E-state index < -0.39 is 0 Å². The van der Waals surface area contributed by atoms with Crippen molar-refractivity contribution in [2.24, 2.45) is 0 Å². The van der Waals surface area contributed by atoms with Crippen LogP contribution in [-0.4, -0.2) is 37.2 Å². The van der Waals surface area contributed by atoms with Crippen molar-refractivity contribution >= 4 is 40.5 Å². The van der Waals surface area contributed by atoms with Crippen LogP contribution >= 0.6 is 11.8 Å². The number of benzene rings is 2. The van der Waals surface area contributed by atoms with Crippen LogP contribution in [0.2, 0.25) is 0 Å². The maximum Gasteiger partial charge on any atom is 0.238 e. The first kappa shape index (κ1) is 22.6. The highest BCUT2D eigenvalue weighted by Gasteiger charge is 2.11. The zero-order chi connectivity index (χ0) is 24.0. The molecule has 1 amide bonds. The molecule has 3 heterocycles. The van der Waals surface area contributed by atoms with Crippen molar-refractivity contribution < 1.29 is 4.79 Å². The average molecular weight is 485 g/mol. The number of hydrogen-bond donors (Lipinski definition) is 4. The highest BCUT2D eigenvalue weighted by molar-refractivity contribution is 7.99. The predicted molar refractivity (Wildman–Crippen MR) is 137 cm³/mol. The van der Waals surface area contributed by atoms with E-state index in [1.807, 2.05) is 85.9 Å². The van der Waals surface area contributed by atoms with Gasteiger partial charge < -0.3 is 16.0 Å². The predicted octanol–water partition coefficient (Wildman–Crippen LogP) is 4.38. The molecule has 0 bridgehead atoms. The van der Waals surface area contributed by atoms with Gasteiger partial charge in [-0.3, -0.25) is 9.89 Å². The van der Waals surface area contributed by atoms with Gasteiger partial charge in [0.1, 0.15) is 5.52 Å². The Bertz CT molecular complexity index is 1430. The summed E-state index contributed by atoms with van der Waals surface area (Å²) in [6.45, 7) is 2.83. The van der Waals surface area contributed by atoms with E-state index in [-0.39, 0.29) is 12.5 Å². The zero-order valence-corrected chi connectivity index (χ0v) is 19.8. The summed E-state index contributed by atoms with van der Waals surface area (Å²) in [7, 11) is 0. The fourth-order valence-corrected chi connectivity index (χ4v) is 4.23. The maximum absolute atomic E-state index is 12.3. The first-order valence-corrected chi connectivity index (χ1v) is 11.9. The van der Waals surface area contributed by atoms with Gasteiger partial charge in [0.05, 0.1) is 6.54 Å². The Morgan fingerprint density at radius 3 is 2.66 bits per heavy atom. The first-order valence-electron chi connectivity index (χ1n) is 11.1. The average Bonchev–Trinajstić information content (AvgIpc) is 3.50. The van der Waals surface area contributed by atoms with E-state index in [1.165, 1.54) is 11.8 Å². The van der Waals surface area contributed by atoms with Gasteiger partial charge in [0, 0.05) is 35.1 Å². The molecule has 35 heavy (non-hydrogen) atoms. The molecule has 0 atom stereocenters. The molecule has 0 aliphatic rings. The molecule has 3 aromatic heterocycles. The quantitative estimate of drug-likeness (QED) is 0.246. The third-order valence-electron chi connectivity index (χ3n) is 5.13. The van der Waals surface area contributed by atoms with Crippen molar-refractivity contribution in [2.45, 2.75) is 23.5 Å². The van der Waals surface area contributed by atoms with Crippen LogP contribution in [0.1, 0.15) is 11.3 Å². The lowest BCUT2D eigenvalue weighted by Gasteiger charge is -2.09. The van der Waals surface area contributed by atoms with E-state index in [2.05, 4.69) is 31.2 Å². The molecular weight excluding hydrogens is 460 g/mol. The lowest BCUT2D eigenvalue weighted by atomic mass is 10.2. The summed E-state index contributed by atoms with van der Waals surface area (Å²) in [4.78, 5) is 17.9. The number of aromatic amines is 1. The minimum absolute atomic E-state index is 0.0907. The highest BCUT2D eigenvalue weighted by atomic mass is 32.2. The highest BCUT2D eigenvalue weighted by Crippen LogP contribution is 2.28. The van der Waals surface area contributed by atoms with Crippen molar-refractivity contribution in [1.29, 1.82) is 0 Å². The third kappa shape index (κ3) is 5.86. The molecule has 9 nitrogen and oxygen atoms in total. The Labute approximate surface area is 206 Å². The van der Waals surface area contributed by atoms with E-state index in [9.17, 15) is 4.79 Å². The van der Waals surface area contributed by atoms with Crippen LogP contribution in [0.15, 0.2) is 89.0 Å².